The molecule has 0 atom stereocenters. The van der Waals surface area contributed by atoms with E-state index in [-0.39, 0.29) is 41.5 Å². The van der Waals surface area contributed by atoms with Crippen molar-refractivity contribution in [2.45, 2.75) is 124 Å². The molecule has 2 aliphatic heterocycles. The van der Waals surface area contributed by atoms with Gasteiger partial charge in [-0.2, -0.15) is 0 Å². The molecule has 326 valence electrons. The van der Waals surface area contributed by atoms with Crippen LogP contribution >= 0.6 is 0 Å². The molecule has 0 spiro atoms. The van der Waals surface area contributed by atoms with Crippen molar-refractivity contribution in [2.24, 2.45) is 0 Å². The zero-order valence-electron chi connectivity index (χ0n) is 38.5. The third-order valence-corrected chi connectivity index (χ3v) is 15.1. The second-order valence-electron chi connectivity index (χ2n) is 19.6. The summed E-state index contributed by atoms with van der Waals surface area (Å²) in [4.78, 5) is 62.1. The molecule has 6 heteroatoms. The largest absolute Gasteiger partial charge is 0.271 e. The Kier molecular flexibility index (Phi) is 9.94. The molecule has 11 rings (SSSR count). The predicted molar refractivity (Wildman–Crippen MR) is 269 cm³/mol. The summed E-state index contributed by atoms with van der Waals surface area (Å²) in [5.41, 5.74) is 4.99. The topological polar surface area (TPSA) is 74.8 Å². The van der Waals surface area contributed by atoms with Crippen molar-refractivity contribution in [2.75, 3.05) is 4.90 Å². The van der Waals surface area contributed by atoms with Gasteiger partial charge < -0.3 is 0 Å². The van der Waals surface area contributed by atoms with Crippen LogP contribution in [0.25, 0.3) is 75.4 Å². The van der Waals surface area contributed by atoms with E-state index in [1.807, 2.05) is 42.5 Å². The van der Waals surface area contributed by atoms with Gasteiger partial charge in [0.25, 0.3) is 23.6 Å². The minimum atomic E-state index is -0.289. The molecular weight excluding hydrogens is 801 g/mol. The van der Waals surface area contributed by atoms with E-state index in [1.54, 1.807) is 4.90 Å². The van der Waals surface area contributed by atoms with Crippen molar-refractivity contribution in [3.63, 3.8) is 0 Å². The number of fused-ring (bicyclic) bond motifs is 4. The summed E-state index contributed by atoms with van der Waals surface area (Å²) < 4.78 is 0. The highest BCUT2D eigenvalue weighted by atomic mass is 16.2. The average Bonchev–Trinajstić information content (AvgIpc) is 3.31. The van der Waals surface area contributed by atoms with Crippen LogP contribution < -0.4 is 4.90 Å². The number of benzene rings is 9. The van der Waals surface area contributed by atoms with Gasteiger partial charge in [0.2, 0.25) is 0 Å². The normalized spacial score (nSPS) is 14.5. The van der Waals surface area contributed by atoms with Crippen LogP contribution in [0.4, 0.5) is 5.69 Å². The summed E-state index contributed by atoms with van der Waals surface area (Å²) in [6.45, 7) is 12.9. The van der Waals surface area contributed by atoms with Gasteiger partial charge in [-0.15, -0.1) is 0 Å². The first kappa shape index (κ1) is 41.3. The zero-order valence-corrected chi connectivity index (χ0v) is 38.5. The fraction of sp³-hybridized carbons (Fsp3) is 0.322. The Hall–Kier alpha value is -6.40. The van der Waals surface area contributed by atoms with E-state index in [0.29, 0.717) is 27.9 Å². The summed E-state index contributed by atoms with van der Waals surface area (Å²) in [5.74, 6) is -0.685. The molecule has 65 heavy (non-hydrogen) atoms. The van der Waals surface area contributed by atoms with Crippen LogP contribution in [0.15, 0.2) is 91.0 Å². The van der Waals surface area contributed by atoms with Gasteiger partial charge in [0.15, 0.2) is 0 Å². The Labute approximate surface area is 380 Å². The van der Waals surface area contributed by atoms with Gasteiger partial charge in [-0.1, -0.05) is 160 Å². The van der Waals surface area contributed by atoms with E-state index in [2.05, 4.69) is 90.1 Å². The SMILES string of the molecule is CCCCCCC(CCCCCC)N1C(=O)c2ccc3c4ccc5c6ccc7c8c(ccc(c9ccc(c%10ccc(c2c3%10)C1=O)c4c59)c86)C(=O)N(c1c(C(C)C)cccc1C(C)C)C7=O. The Morgan fingerprint density at radius 3 is 1.05 bits per heavy atom. The first-order chi connectivity index (χ1) is 31.6. The van der Waals surface area contributed by atoms with Crippen molar-refractivity contribution in [3.05, 3.63) is 124 Å². The average molecular weight is 857 g/mol. The highest BCUT2D eigenvalue weighted by Crippen LogP contribution is 2.51. The number of hydrogen-bond acceptors (Lipinski definition) is 4. The maximum absolute atomic E-state index is 14.8. The van der Waals surface area contributed by atoms with E-state index < -0.39 is 0 Å². The molecule has 0 saturated heterocycles. The number of carbonyl (C=O) groups excluding carboxylic acids is 4. The first-order valence-electron chi connectivity index (χ1n) is 24.3. The van der Waals surface area contributed by atoms with Crippen LogP contribution in [0.5, 0.6) is 0 Å². The lowest BCUT2D eigenvalue weighted by atomic mass is 9.80. The van der Waals surface area contributed by atoms with Crippen LogP contribution in [0.1, 0.15) is 170 Å². The van der Waals surface area contributed by atoms with Gasteiger partial charge in [-0.25, -0.2) is 4.90 Å². The predicted octanol–water partition coefficient (Wildman–Crippen LogP) is 15.6. The van der Waals surface area contributed by atoms with Crippen molar-refractivity contribution in [1.82, 2.24) is 4.90 Å². The quantitative estimate of drug-likeness (QED) is 0.0472. The third kappa shape index (κ3) is 5.91. The van der Waals surface area contributed by atoms with Gasteiger partial charge in [0.05, 0.1) is 5.69 Å². The van der Waals surface area contributed by atoms with Crippen LogP contribution in [-0.4, -0.2) is 34.6 Å². The Balaban J connectivity index is 1.08. The standard InChI is InChI=1S/C59H56N2O4/c1-7-9-11-13-16-34(17-14-12-10-8-2)60-56(62)45-28-24-41-37-20-22-39-43-26-30-47-54-48(59(65)61(58(47)64)55-35(32(3)4)18-15-19-36(55)33(5)6)31-27-44(52(43)54)40-23-21-38(49(37)50(39)40)42-25-29-46(57(60)63)53(45)51(41)42/h15,18-34H,7-14,16-17H2,1-6H3. The smallest absolute Gasteiger partial charge is 0.266 e. The molecule has 9 aromatic carbocycles. The highest BCUT2D eigenvalue weighted by molar-refractivity contribution is 6.46. The Morgan fingerprint density at radius 1 is 0.385 bits per heavy atom. The second kappa shape index (κ2) is 15.6. The molecule has 2 aliphatic rings. The number of rotatable bonds is 14. The molecule has 0 aliphatic carbocycles. The molecule has 0 radical (unpaired) electrons. The minimum absolute atomic E-state index is 0.112. The van der Waals surface area contributed by atoms with Crippen molar-refractivity contribution < 1.29 is 19.2 Å². The summed E-state index contributed by atoms with van der Waals surface area (Å²) in [6, 6.07) is 30.9. The number of unbranched alkanes of at least 4 members (excludes halogenated alkanes) is 6. The van der Waals surface area contributed by atoms with Crippen molar-refractivity contribution >= 4 is 105 Å². The molecule has 9 aromatic rings. The van der Waals surface area contributed by atoms with Crippen LogP contribution in [0.2, 0.25) is 0 Å². The van der Waals surface area contributed by atoms with Gasteiger partial charge >= 0.3 is 0 Å². The highest BCUT2D eigenvalue weighted by Gasteiger charge is 2.40. The number of carbonyl (C=O) groups is 4. The molecule has 0 N–H and O–H groups in total. The molecule has 4 amide bonds. The molecular formula is C59H56N2O4. The molecule has 0 unspecified atom stereocenters. The third-order valence-electron chi connectivity index (χ3n) is 15.1. The lowest BCUT2D eigenvalue weighted by Gasteiger charge is -2.35. The Bertz CT molecular complexity index is 3260. The fourth-order valence-electron chi connectivity index (χ4n) is 12.0. The summed E-state index contributed by atoms with van der Waals surface area (Å²) in [7, 11) is 0. The number of imide groups is 2. The van der Waals surface area contributed by atoms with E-state index in [9.17, 15) is 19.2 Å². The molecule has 0 bridgehead atoms. The van der Waals surface area contributed by atoms with Gasteiger partial charge in [0, 0.05) is 39.1 Å². The van der Waals surface area contributed by atoms with Crippen LogP contribution in [-0.2, 0) is 0 Å². The van der Waals surface area contributed by atoms with Crippen LogP contribution in [0, 0.1) is 0 Å². The Morgan fingerprint density at radius 2 is 0.708 bits per heavy atom. The molecule has 2 heterocycles. The number of amides is 4. The van der Waals surface area contributed by atoms with E-state index in [1.165, 1.54) is 4.90 Å². The van der Waals surface area contributed by atoms with Gasteiger partial charge in [-0.3, -0.25) is 24.1 Å². The maximum Gasteiger partial charge on any atom is 0.266 e. The number of nitrogens with zero attached hydrogens (tertiary/aromatic N) is 2. The number of hydrogen-bond donors (Lipinski definition) is 0. The molecule has 0 saturated carbocycles. The van der Waals surface area contributed by atoms with Gasteiger partial charge in [0.1, 0.15) is 0 Å². The van der Waals surface area contributed by atoms with Crippen molar-refractivity contribution in [3.8, 4) is 0 Å². The summed E-state index contributed by atoms with van der Waals surface area (Å²) in [6.07, 6.45) is 10.5. The first-order valence-corrected chi connectivity index (χ1v) is 24.3. The maximum atomic E-state index is 14.8. The molecule has 0 fully saturated rings. The van der Waals surface area contributed by atoms with Gasteiger partial charge in [-0.05, 0) is 125 Å². The number of para-hydroxylation sites is 1. The van der Waals surface area contributed by atoms with E-state index >= 15 is 0 Å². The summed E-state index contributed by atoms with van der Waals surface area (Å²) in [5, 5.41) is 14.0. The lowest BCUT2D eigenvalue weighted by Crippen LogP contribution is -2.47. The lowest BCUT2D eigenvalue weighted by molar-refractivity contribution is 0.0516. The molecule has 0 aromatic heterocycles. The van der Waals surface area contributed by atoms with E-state index in [0.717, 1.165) is 151 Å². The fourth-order valence-corrected chi connectivity index (χ4v) is 12.0. The monoisotopic (exact) mass is 856 g/mol. The molecule has 6 nitrogen and oxygen atoms in total. The summed E-state index contributed by atoms with van der Waals surface area (Å²) >= 11 is 0. The van der Waals surface area contributed by atoms with Crippen molar-refractivity contribution in [1.29, 1.82) is 0 Å². The van der Waals surface area contributed by atoms with E-state index in [4.69, 9.17) is 0 Å². The van der Waals surface area contributed by atoms with Crippen LogP contribution in [0.3, 0.4) is 0 Å². The number of anilines is 1. The second-order valence-corrected chi connectivity index (χ2v) is 19.6. The zero-order chi connectivity index (χ0) is 45.0. The minimum Gasteiger partial charge on any atom is -0.271 e.